The first-order valence-electron chi connectivity index (χ1n) is 10.4. The number of hydrazone groups is 1. The van der Waals surface area contributed by atoms with Crippen LogP contribution in [0.5, 0.6) is 0 Å². The van der Waals surface area contributed by atoms with E-state index in [1.807, 2.05) is 6.92 Å². The van der Waals surface area contributed by atoms with E-state index in [9.17, 15) is 20.2 Å². The summed E-state index contributed by atoms with van der Waals surface area (Å²) in [7, 11) is 0. The van der Waals surface area contributed by atoms with Crippen molar-refractivity contribution in [2.75, 3.05) is 16.9 Å². The summed E-state index contributed by atoms with van der Waals surface area (Å²) < 4.78 is 0. The van der Waals surface area contributed by atoms with Gasteiger partial charge in [-0.3, -0.25) is 25.7 Å². The molecular formula is C23H27N5O4. The maximum Gasteiger partial charge on any atom is 0.301 e. The third kappa shape index (κ3) is 4.46. The second kappa shape index (κ2) is 8.78. The lowest BCUT2D eigenvalue weighted by Gasteiger charge is -2.43. The molecular weight excluding hydrogens is 410 g/mol. The highest BCUT2D eigenvalue weighted by Gasteiger charge is 2.31. The van der Waals surface area contributed by atoms with Gasteiger partial charge in [-0.05, 0) is 69.0 Å². The maximum atomic E-state index is 11.3. The molecule has 0 saturated carbocycles. The summed E-state index contributed by atoms with van der Waals surface area (Å²) >= 11 is 0. The molecule has 0 saturated heterocycles. The van der Waals surface area contributed by atoms with Crippen molar-refractivity contribution < 1.29 is 9.85 Å². The highest BCUT2D eigenvalue weighted by atomic mass is 16.6. The molecule has 1 aliphatic heterocycles. The van der Waals surface area contributed by atoms with Crippen LogP contribution in [0.3, 0.4) is 0 Å². The Labute approximate surface area is 186 Å². The highest BCUT2D eigenvalue weighted by Crippen LogP contribution is 2.40. The summed E-state index contributed by atoms with van der Waals surface area (Å²) in [5.74, 6) is 0. The largest absolute Gasteiger partial charge is 0.362 e. The fraction of sp³-hybridized carbons (Fsp3) is 0.348. The van der Waals surface area contributed by atoms with Crippen molar-refractivity contribution in [3.8, 4) is 0 Å². The number of nitro groups is 2. The van der Waals surface area contributed by atoms with Crippen molar-refractivity contribution in [2.45, 2.75) is 46.6 Å². The topological polar surface area (TPSA) is 114 Å². The number of nitro benzene ring substituents is 2. The van der Waals surface area contributed by atoms with Crippen LogP contribution in [0.1, 0.15) is 50.8 Å². The molecule has 0 bridgehead atoms. The number of nitrogens with zero attached hydrogens (tertiary/aromatic N) is 4. The lowest BCUT2D eigenvalue weighted by atomic mass is 9.87. The summed E-state index contributed by atoms with van der Waals surface area (Å²) in [5, 5.41) is 26.4. The number of anilines is 2. The number of nitrogens with one attached hydrogen (secondary N) is 1. The van der Waals surface area contributed by atoms with Crippen molar-refractivity contribution in [3.63, 3.8) is 0 Å². The van der Waals surface area contributed by atoms with Crippen LogP contribution in [0.2, 0.25) is 0 Å². The molecule has 0 unspecified atom stereocenters. The first-order valence-corrected chi connectivity index (χ1v) is 10.4. The first-order chi connectivity index (χ1) is 15.0. The maximum absolute atomic E-state index is 11.3. The van der Waals surface area contributed by atoms with Gasteiger partial charge in [0.15, 0.2) is 0 Å². The van der Waals surface area contributed by atoms with Gasteiger partial charge < -0.3 is 4.90 Å². The molecule has 9 heteroatoms. The Morgan fingerprint density at radius 1 is 1.12 bits per heavy atom. The molecule has 0 aromatic heterocycles. The molecule has 1 heterocycles. The van der Waals surface area contributed by atoms with Crippen molar-refractivity contribution in [2.24, 2.45) is 5.10 Å². The highest BCUT2D eigenvalue weighted by molar-refractivity contribution is 5.90. The molecule has 1 aliphatic rings. The van der Waals surface area contributed by atoms with Crippen molar-refractivity contribution in [1.29, 1.82) is 0 Å². The third-order valence-corrected chi connectivity index (χ3v) is 5.59. The molecule has 0 fully saturated rings. The molecule has 32 heavy (non-hydrogen) atoms. The van der Waals surface area contributed by atoms with Gasteiger partial charge in [-0.1, -0.05) is 13.0 Å². The van der Waals surface area contributed by atoms with Gasteiger partial charge in [-0.15, -0.1) is 0 Å². The average Bonchev–Trinajstić information content (AvgIpc) is 2.71. The van der Waals surface area contributed by atoms with E-state index in [1.54, 1.807) is 6.21 Å². The number of rotatable bonds is 7. The fourth-order valence-corrected chi connectivity index (χ4v) is 4.07. The van der Waals surface area contributed by atoms with E-state index >= 15 is 0 Å². The Bertz CT molecular complexity index is 1140. The van der Waals surface area contributed by atoms with E-state index in [4.69, 9.17) is 0 Å². The predicted molar refractivity (Wildman–Crippen MR) is 128 cm³/mol. The SMILES string of the molecule is CCCN1c2cc(C)c(/C=N\Nc3ccc([N+](=O)[O-])cc3[N+](=O)[O-])cc2C(C)=CC1(C)C. The van der Waals surface area contributed by atoms with Crippen LogP contribution >= 0.6 is 0 Å². The van der Waals surface area contributed by atoms with Crippen molar-refractivity contribution in [1.82, 2.24) is 0 Å². The lowest BCUT2D eigenvalue weighted by molar-refractivity contribution is -0.393. The van der Waals surface area contributed by atoms with Gasteiger partial charge in [0.1, 0.15) is 5.69 Å². The predicted octanol–water partition coefficient (Wildman–Crippen LogP) is 5.67. The zero-order valence-corrected chi connectivity index (χ0v) is 18.9. The summed E-state index contributed by atoms with van der Waals surface area (Å²) in [5.41, 5.74) is 7.31. The Balaban J connectivity index is 1.92. The molecule has 0 radical (unpaired) electrons. The third-order valence-electron chi connectivity index (χ3n) is 5.59. The van der Waals surface area contributed by atoms with Gasteiger partial charge in [0, 0.05) is 23.9 Å². The van der Waals surface area contributed by atoms with Crippen LogP contribution in [-0.2, 0) is 0 Å². The molecule has 0 spiro atoms. The molecule has 1 N–H and O–H groups in total. The van der Waals surface area contributed by atoms with E-state index in [1.165, 1.54) is 23.4 Å². The van der Waals surface area contributed by atoms with Gasteiger partial charge in [-0.2, -0.15) is 5.10 Å². The summed E-state index contributed by atoms with van der Waals surface area (Å²) in [4.78, 5) is 23.3. The zero-order chi connectivity index (χ0) is 23.6. The minimum atomic E-state index is -0.673. The van der Waals surface area contributed by atoms with Crippen LogP contribution in [0.4, 0.5) is 22.7 Å². The smallest absolute Gasteiger partial charge is 0.301 e. The standard InChI is InChI=1S/C23H27N5O4/c1-6-9-26-21-10-15(2)17(11-19(21)16(3)13-23(26,4)5)14-24-25-20-8-7-18(27(29)30)12-22(20)28(31)32/h7-8,10-14,25H,6,9H2,1-5H3/b24-14-. The fourth-order valence-electron chi connectivity index (χ4n) is 4.07. The number of aryl methyl sites for hydroxylation is 1. The van der Waals surface area contributed by atoms with Crippen molar-refractivity contribution in [3.05, 3.63) is 73.3 Å². The Kier molecular flexibility index (Phi) is 6.29. The molecule has 168 valence electrons. The second-order valence-corrected chi connectivity index (χ2v) is 8.44. The normalized spacial score (nSPS) is 14.8. The number of allylic oxidation sites excluding steroid dienone is 1. The minimum Gasteiger partial charge on any atom is -0.362 e. The molecule has 0 amide bonds. The van der Waals surface area contributed by atoms with Crippen LogP contribution in [0, 0.1) is 27.2 Å². The number of hydrogen-bond donors (Lipinski definition) is 1. The molecule has 3 rings (SSSR count). The van der Waals surface area contributed by atoms with Crippen LogP contribution in [-0.4, -0.2) is 28.1 Å². The molecule has 9 nitrogen and oxygen atoms in total. The van der Waals surface area contributed by atoms with E-state index in [2.05, 4.69) is 61.3 Å². The van der Waals surface area contributed by atoms with Crippen LogP contribution in [0.15, 0.2) is 41.5 Å². The minimum absolute atomic E-state index is 0.0778. The van der Waals surface area contributed by atoms with Crippen LogP contribution < -0.4 is 10.3 Å². The molecule has 2 aromatic carbocycles. The van der Waals surface area contributed by atoms with Gasteiger partial charge in [0.25, 0.3) is 5.69 Å². The number of non-ortho nitro benzene ring substituents is 1. The van der Waals surface area contributed by atoms with E-state index in [0.717, 1.165) is 35.7 Å². The number of benzene rings is 2. The number of hydrogen-bond acceptors (Lipinski definition) is 7. The Morgan fingerprint density at radius 2 is 1.84 bits per heavy atom. The van der Waals surface area contributed by atoms with E-state index in [-0.39, 0.29) is 16.9 Å². The first kappa shape index (κ1) is 22.9. The summed E-state index contributed by atoms with van der Waals surface area (Å²) in [6.07, 6.45) is 4.91. The quantitative estimate of drug-likeness (QED) is 0.339. The summed E-state index contributed by atoms with van der Waals surface area (Å²) in [6, 6.07) is 7.63. The molecule has 2 aromatic rings. The van der Waals surface area contributed by atoms with Gasteiger partial charge in [0.2, 0.25) is 0 Å². The van der Waals surface area contributed by atoms with Gasteiger partial charge in [-0.25, -0.2) is 0 Å². The van der Waals surface area contributed by atoms with Crippen molar-refractivity contribution >= 4 is 34.5 Å². The van der Waals surface area contributed by atoms with Crippen LogP contribution in [0.25, 0.3) is 5.57 Å². The second-order valence-electron chi connectivity index (χ2n) is 8.44. The zero-order valence-electron chi connectivity index (χ0n) is 18.9. The molecule has 0 atom stereocenters. The Hall–Kier alpha value is -3.75. The van der Waals surface area contributed by atoms with Gasteiger partial charge in [0.05, 0.1) is 27.7 Å². The Morgan fingerprint density at radius 3 is 2.47 bits per heavy atom. The molecule has 0 aliphatic carbocycles. The lowest BCUT2D eigenvalue weighted by Crippen LogP contribution is -2.45. The summed E-state index contributed by atoms with van der Waals surface area (Å²) in [6.45, 7) is 11.6. The number of fused-ring (bicyclic) bond motifs is 1. The van der Waals surface area contributed by atoms with E-state index < -0.39 is 15.5 Å². The average molecular weight is 438 g/mol. The van der Waals surface area contributed by atoms with Gasteiger partial charge >= 0.3 is 5.69 Å². The van der Waals surface area contributed by atoms with E-state index in [0.29, 0.717) is 0 Å². The monoisotopic (exact) mass is 437 g/mol.